The third-order valence-corrected chi connectivity index (χ3v) is 4.98. The van der Waals surface area contributed by atoms with Crippen molar-refractivity contribution in [1.29, 1.82) is 0 Å². The molecule has 0 radical (unpaired) electrons. The van der Waals surface area contributed by atoms with E-state index in [0.29, 0.717) is 0 Å². The molecule has 1 aliphatic rings. The van der Waals surface area contributed by atoms with Crippen LogP contribution in [-0.4, -0.2) is 12.4 Å². The molecule has 0 heterocycles. The minimum Gasteiger partial charge on any atom is -0.159 e. The van der Waals surface area contributed by atoms with Gasteiger partial charge >= 0.3 is 0 Å². The first-order valence-corrected chi connectivity index (χ1v) is 8.94. The monoisotopic (exact) mass is 318 g/mol. The first-order valence-electron chi connectivity index (χ1n) is 8.94. The second-order valence-electron chi connectivity index (χ2n) is 7.02. The molecule has 0 amide bonds. The van der Waals surface area contributed by atoms with Gasteiger partial charge in [0.1, 0.15) is 0 Å². The average molecular weight is 318 g/mol. The van der Waals surface area contributed by atoms with E-state index in [-0.39, 0.29) is 0 Å². The first-order chi connectivity index (χ1) is 11.7. The van der Waals surface area contributed by atoms with Gasteiger partial charge in [0.25, 0.3) is 0 Å². The summed E-state index contributed by atoms with van der Waals surface area (Å²) in [4.78, 5) is 0. The van der Waals surface area contributed by atoms with E-state index in [1.54, 1.807) is 6.21 Å². The highest BCUT2D eigenvalue weighted by Crippen LogP contribution is 2.35. The van der Waals surface area contributed by atoms with Gasteiger partial charge in [-0.1, -0.05) is 73.9 Å². The van der Waals surface area contributed by atoms with Gasteiger partial charge in [-0.15, -0.1) is 0 Å². The molecule has 0 spiro atoms. The minimum atomic E-state index is 0.742. The summed E-state index contributed by atoms with van der Waals surface area (Å²) in [6.07, 6.45) is 8.99. The molecule has 1 saturated carbocycles. The van der Waals surface area contributed by atoms with E-state index in [4.69, 9.17) is 0 Å². The summed E-state index contributed by atoms with van der Waals surface area (Å²) < 4.78 is 0. The van der Waals surface area contributed by atoms with Crippen LogP contribution in [-0.2, 0) is 0 Å². The molecular weight excluding hydrogens is 292 g/mol. The summed E-state index contributed by atoms with van der Waals surface area (Å²) in [7, 11) is 0. The number of rotatable bonds is 4. The standard InChI is InChI=1S/C22H26N2/c1-17-3-7-19(8-4-17)15-23-24-16-20-9-13-22(14-10-20)21-11-5-18(2)6-12-21/h3-4,7-10,13-16,18,21H,5-6,11-12H2,1-2H3/t18-,21-. The molecule has 0 aromatic heterocycles. The zero-order valence-electron chi connectivity index (χ0n) is 14.7. The highest BCUT2D eigenvalue weighted by molar-refractivity contribution is 5.82. The Hall–Kier alpha value is -2.22. The van der Waals surface area contributed by atoms with E-state index in [0.717, 1.165) is 23.0 Å². The van der Waals surface area contributed by atoms with Crippen LogP contribution in [0.2, 0.25) is 0 Å². The van der Waals surface area contributed by atoms with Gasteiger partial charge in [0.15, 0.2) is 0 Å². The van der Waals surface area contributed by atoms with Crippen LogP contribution in [0.25, 0.3) is 0 Å². The SMILES string of the molecule is Cc1ccc(C=NN=Cc2ccc([C@H]3CC[C@H](C)CC3)cc2)cc1. The topological polar surface area (TPSA) is 24.7 Å². The Morgan fingerprint density at radius 1 is 0.750 bits per heavy atom. The van der Waals surface area contributed by atoms with Crippen molar-refractivity contribution in [3.63, 3.8) is 0 Å². The normalized spacial score (nSPS) is 21.6. The maximum Gasteiger partial charge on any atom is 0.0568 e. The molecule has 0 N–H and O–H groups in total. The van der Waals surface area contributed by atoms with Crippen molar-refractivity contribution in [1.82, 2.24) is 0 Å². The van der Waals surface area contributed by atoms with Gasteiger partial charge in [0.05, 0.1) is 12.4 Å². The van der Waals surface area contributed by atoms with Crippen LogP contribution in [0.4, 0.5) is 0 Å². The van der Waals surface area contributed by atoms with Gasteiger partial charge in [-0.3, -0.25) is 0 Å². The lowest BCUT2D eigenvalue weighted by molar-refractivity contribution is 0.348. The lowest BCUT2D eigenvalue weighted by Gasteiger charge is -2.26. The van der Waals surface area contributed by atoms with Crippen LogP contribution in [0.3, 0.4) is 0 Å². The Balaban J connectivity index is 1.56. The van der Waals surface area contributed by atoms with Gasteiger partial charge in [-0.2, -0.15) is 10.2 Å². The molecule has 1 aliphatic carbocycles. The molecule has 2 heteroatoms. The smallest absolute Gasteiger partial charge is 0.0568 e. The maximum atomic E-state index is 4.16. The number of hydrogen-bond donors (Lipinski definition) is 0. The molecule has 2 aromatic rings. The highest BCUT2D eigenvalue weighted by Gasteiger charge is 2.19. The van der Waals surface area contributed by atoms with Gasteiger partial charge in [-0.05, 0) is 48.3 Å². The molecule has 0 bridgehead atoms. The molecule has 0 saturated heterocycles. The Morgan fingerprint density at radius 3 is 1.79 bits per heavy atom. The second-order valence-corrected chi connectivity index (χ2v) is 7.02. The third-order valence-electron chi connectivity index (χ3n) is 4.98. The van der Waals surface area contributed by atoms with Crippen molar-refractivity contribution >= 4 is 12.4 Å². The van der Waals surface area contributed by atoms with Gasteiger partial charge < -0.3 is 0 Å². The van der Waals surface area contributed by atoms with Crippen LogP contribution < -0.4 is 0 Å². The van der Waals surface area contributed by atoms with Crippen molar-refractivity contribution in [2.45, 2.75) is 45.4 Å². The van der Waals surface area contributed by atoms with Crippen LogP contribution in [0.1, 0.15) is 60.8 Å². The van der Waals surface area contributed by atoms with E-state index in [9.17, 15) is 0 Å². The Kier molecular flexibility index (Phi) is 5.58. The molecule has 2 nitrogen and oxygen atoms in total. The Labute approximate surface area is 145 Å². The average Bonchev–Trinajstić information content (AvgIpc) is 2.62. The van der Waals surface area contributed by atoms with Crippen molar-refractivity contribution in [3.8, 4) is 0 Å². The van der Waals surface area contributed by atoms with Crippen molar-refractivity contribution in [2.24, 2.45) is 16.1 Å². The predicted molar refractivity (Wildman–Crippen MR) is 103 cm³/mol. The summed E-state index contributed by atoms with van der Waals surface area (Å²) in [5, 5.41) is 8.29. The number of nitrogens with zero attached hydrogens (tertiary/aromatic N) is 2. The zero-order chi connectivity index (χ0) is 16.8. The number of hydrogen-bond acceptors (Lipinski definition) is 2. The molecule has 2 aromatic carbocycles. The lowest BCUT2D eigenvalue weighted by Crippen LogP contribution is -2.10. The zero-order valence-corrected chi connectivity index (χ0v) is 14.7. The number of benzene rings is 2. The van der Waals surface area contributed by atoms with Gasteiger partial charge in [-0.25, -0.2) is 0 Å². The largest absolute Gasteiger partial charge is 0.159 e. The van der Waals surface area contributed by atoms with Crippen molar-refractivity contribution < 1.29 is 0 Å². The van der Waals surface area contributed by atoms with Crippen molar-refractivity contribution in [2.75, 3.05) is 0 Å². The first kappa shape index (κ1) is 16.6. The second kappa shape index (κ2) is 8.05. The fraction of sp³-hybridized carbons (Fsp3) is 0.364. The summed E-state index contributed by atoms with van der Waals surface area (Å²) in [6.45, 7) is 4.45. The summed E-state index contributed by atoms with van der Waals surface area (Å²) in [6, 6.07) is 17.1. The van der Waals surface area contributed by atoms with Crippen LogP contribution in [0.5, 0.6) is 0 Å². The highest BCUT2D eigenvalue weighted by atomic mass is 15.2. The molecule has 3 rings (SSSR count). The summed E-state index contributed by atoms with van der Waals surface area (Å²) in [5.41, 5.74) is 4.90. The van der Waals surface area contributed by atoms with E-state index < -0.39 is 0 Å². The van der Waals surface area contributed by atoms with Gasteiger partial charge in [0.2, 0.25) is 0 Å². The van der Waals surface area contributed by atoms with Gasteiger partial charge in [0, 0.05) is 0 Å². The molecule has 0 unspecified atom stereocenters. The minimum absolute atomic E-state index is 0.742. The fourth-order valence-corrected chi connectivity index (χ4v) is 3.30. The molecule has 124 valence electrons. The fourth-order valence-electron chi connectivity index (χ4n) is 3.30. The van der Waals surface area contributed by atoms with E-state index in [1.807, 2.05) is 18.3 Å². The predicted octanol–water partition coefficient (Wildman–Crippen LogP) is 5.74. The quantitative estimate of drug-likeness (QED) is 0.507. The maximum absolute atomic E-state index is 4.16. The van der Waals surface area contributed by atoms with Crippen LogP contribution >= 0.6 is 0 Å². The molecule has 24 heavy (non-hydrogen) atoms. The van der Waals surface area contributed by atoms with E-state index in [2.05, 4.69) is 60.4 Å². The molecule has 0 aliphatic heterocycles. The summed E-state index contributed by atoms with van der Waals surface area (Å²) in [5.74, 6) is 1.64. The lowest BCUT2D eigenvalue weighted by atomic mass is 9.79. The van der Waals surface area contributed by atoms with Crippen LogP contribution in [0, 0.1) is 12.8 Å². The Bertz CT molecular complexity index is 688. The summed E-state index contributed by atoms with van der Waals surface area (Å²) >= 11 is 0. The molecule has 0 atom stereocenters. The van der Waals surface area contributed by atoms with E-state index in [1.165, 1.54) is 36.8 Å². The number of aryl methyl sites for hydroxylation is 1. The van der Waals surface area contributed by atoms with E-state index >= 15 is 0 Å². The third kappa shape index (κ3) is 4.64. The Morgan fingerprint density at radius 2 is 1.25 bits per heavy atom. The molecular formula is C22H26N2. The molecule has 1 fully saturated rings. The van der Waals surface area contributed by atoms with Crippen molar-refractivity contribution in [3.05, 3.63) is 70.8 Å². The van der Waals surface area contributed by atoms with Crippen LogP contribution in [0.15, 0.2) is 58.7 Å².